The average Bonchev–Trinajstić information content (AvgIpc) is 2.63. The van der Waals surface area contributed by atoms with Gasteiger partial charge in [-0.15, -0.1) is 0 Å². The number of nitrogens with zero attached hydrogens (tertiary/aromatic N) is 2. The molecule has 0 saturated heterocycles. The summed E-state index contributed by atoms with van der Waals surface area (Å²) in [4.78, 5) is 35.9. The summed E-state index contributed by atoms with van der Waals surface area (Å²) in [6.45, 7) is 0. The van der Waals surface area contributed by atoms with Crippen molar-refractivity contribution in [2.24, 2.45) is 14.1 Å². The van der Waals surface area contributed by atoms with Crippen LogP contribution in [-0.2, 0) is 14.1 Å². The van der Waals surface area contributed by atoms with Gasteiger partial charge in [-0.1, -0.05) is 6.07 Å². The maximum atomic E-state index is 12.4. The van der Waals surface area contributed by atoms with E-state index < -0.39 is 40.3 Å². The fraction of sp³-hybridized carbons (Fsp3) is 0.312. The summed E-state index contributed by atoms with van der Waals surface area (Å²) < 4.78 is 11.6. The van der Waals surface area contributed by atoms with Crippen molar-refractivity contribution in [3.05, 3.63) is 49.7 Å². The van der Waals surface area contributed by atoms with Gasteiger partial charge in [0.1, 0.15) is 17.2 Å². The molecule has 0 aliphatic carbocycles. The summed E-state index contributed by atoms with van der Waals surface area (Å²) in [5, 5.41) is 30.4. The summed E-state index contributed by atoms with van der Waals surface area (Å²) >= 11 is 0. The van der Waals surface area contributed by atoms with Crippen molar-refractivity contribution in [1.29, 1.82) is 0 Å². The Morgan fingerprint density at radius 3 is 2.23 bits per heavy atom. The second kappa shape index (κ2) is 6.92. The van der Waals surface area contributed by atoms with E-state index in [9.17, 15) is 29.7 Å². The van der Waals surface area contributed by atoms with Crippen molar-refractivity contribution in [1.82, 2.24) is 9.13 Å². The molecule has 2 aromatic rings. The molecule has 0 bridgehead atoms. The standard InChI is InChI=1S/C16H18N2O8/c1-17-13(20)10(14(21)18(2)16(17)24)11(19)7-5-6-8(25-3)12(26-4)9(7)15(22)23/h5-6,11,19-20H,1-4H3,(H,22,23)/t11-/m0/s1. The lowest BCUT2D eigenvalue weighted by Gasteiger charge is -2.19. The number of carboxylic acids is 1. The molecule has 2 rings (SSSR count). The molecule has 10 heteroatoms. The lowest BCUT2D eigenvalue weighted by molar-refractivity contribution is 0.0686. The molecule has 0 saturated carbocycles. The minimum atomic E-state index is -1.83. The average molecular weight is 366 g/mol. The summed E-state index contributed by atoms with van der Waals surface area (Å²) in [7, 11) is 4.92. The van der Waals surface area contributed by atoms with Crippen molar-refractivity contribution in [2.45, 2.75) is 6.10 Å². The number of aromatic carboxylic acids is 1. The Hall–Kier alpha value is -3.27. The first-order chi connectivity index (χ1) is 12.2. The third kappa shape index (κ3) is 2.80. The smallest absolute Gasteiger partial charge is 0.340 e. The van der Waals surface area contributed by atoms with E-state index in [4.69, 9.17) is 9.47 Å². The van der Waals surface area contributed by atoms with E-state index >= 15 is 0 Å². The highest BCUT2D eigenvalue weighted by Crippen LogP contribution is 2.38. The van der Waals surface area contributed by atoms with Gasteiger partial charge in [0.2, 0.25) is 5.88 Å². The number of methoxy groups -OCH3 is 2. The molecule has 1 aromatic carbocycles. The zero-order valence-corrected chi connectivity index (χ0v) is 14.5. The van der Waals surface area contributed by atoms with Crippen LogP contribution in [0.5, 0.6) is 17.4 Å². The van der Waals surface area contributed by atoms with Crippen LogP contribution in [0.25, 0.3) is 0 Å². The number of aliphatic hydroxyl groups excluding tert-OH is 1. The summed E-state index contributed by atoms with van der Waals surface area (Å²) in [6, 6.07) is 2.59. The van der Waals surface area contributed by atoms with Gasteiger partial charge in [0, 0.05) is 19.7 Å². The second-order valence-corrected chi connectivity index (χ2v) is 5.42. The van der Waals surface area contributed by atoms with Crippen LogP contribution < -0.4 is 20.7 Å². The Balaban J connectivity index is 2.85. The van der Waals surface area contributed by atoms with Crippen molar-refractivity contribution < 1.29 is 29.6 Å². The second-order valence-electron chi connectivity index (χ2n) is 5.42. The molecule has 0 radical (unpaired) electrons. The number of aromatic nitrogens is 2. The van der Waals surface area contributed by atoms with Crippen LogP contribution in [0.15, 0.2) is 21.7 Å². The SMILES string of the molecule is COc1ccc([C@H](O)c2c(O)n(C)c(=O)n(C)c2=O)c(C(=O)O)c1OC. The normalized spacial score (nSPS) is 11.9. The number of aliphatic hydroxyl groups is 1. The zero-order valence-electron chi connectivity index (χ0n) is 14.5. The van der Waals surface area contributed by atoms with Gasteiger partial charge in [-0.05, 0) is 6.07 Å². The van der Waals surface area contributed by atoms with Gasteiger partial charge in [-0.3, -0.25) is 13.9 Å². The van der Waals surface area contributed by atoms with Gasteiger partial charge in [0.05, 0.1) is 14.2 Å². The molecule has 0 unspecified atom stereocenters. The molecule has 140 valence electrons. The van der Waals surface area contributed by atoms with Gasteiger partial charge in [0.15, 0.2) is 11.5 Å². The first-order valence-corrected chi connectivity index (χ1v) is 7.32. The molecule has 0 aliphatic rings. The molecule has 1 atom stereocenters. The fourth-order valence-corrected chi connectivity index (χ4v) is 2.64. The van der Waals surface area contributed by atoms with Crippen molar-refractivity contribution in [3.63, 3.8) is 0 Å². The Bertz CT molecular complexity index is 989. The quantitative estimate of drug-likeness (QED) is 0.648. The maximum Gasteiger partial charge on any atom is 0.340 e. The van der Waals surface area contributed by atoms with Crippen LogP contribution in [0.1, 0.15) is 27.6 Å². The first-order valence-electron chi connectivity index (χ1n) is 7.32. The molecule has 1 heterocycles. The molecular formula is C16H18N2O8. The number of carboxylic acid groups (broad SMARTS) is 1. The van der Waals surface area contributed by atoms with E-state index in [0.29, 0.717) is 4.57 Å². The first kappa shape index (κ1) is 19.1. The molecule has 0 fully saturated rings. The Kier molecular flexibility index (Phi) is 5.07. The fourth-order valence-electron chi connectivity index (χ4n) is 2.64. The zero-order chi connectivity index (χ0) is 19.8. The third-order valence-electron chi connectivity index (χ3n) is 4.03. The predicted molar refractivity (Wildman–Crippen MR) is 89.2 cm³/mol. The largest absolute Gasteiger partial charge is 0.494 e. The molecule has 10 nitrogen and oxygen atoms in total. The summed E-state index contributed by atoms with van der Waals surface area (Å²) in [5.74, 6) is -2.25. The third-order valence-corrected chi connectivity index (χ3v) is 4.03. The van der Waals surface area contributed by atoms with Gasteiger partial charge in [-0.2, -0.15) is 0 Å². The highest BCUT2D eigenvalue weighted by atomic mass is 16.5. The number of aromatic hydroxyl groups is 1. The maximum absolute atomic E-state index is 12.4. The van der Waals surface area contributed by atoms with Crippen LogP contribution in [0, 0.1) is 0 Å². The minimum absolute atomic E-state index is 0.110. The van der Waals surface area contributed by atoms with E-state index in [1.165, 1.54) is 40.4 Å². The van der Waals surface area contributed by atoms with Crippen LogP contribution in [0.3, 0.4) is 0 Å². The Morgan fingerprint density at radius 2 is 1.73 bits per heavy atom. The van der Waals surface area contributed by atoms with Crippen LogP contribution in [0.4, 0.5) is 0 Å². The number of ether oxygens (including phenoxy) is 2. The highest BCUT2D eigenvalue weighted by molar-refractivity contribution is 5.94. The number of carbonyl (C=O) groups is 1. The summed E-state index contributed by atoms with van der Waals surface area (Å²) in [6.07, 6.45) is -1.83. The van der Waals surface area contributed by atoms with E-state index in [1.54, 1.807) is 0 Å². The molecule has 3 N–H and O–H groups in total. The minimum Gasteiger partial charge on any atom is -0.494 e. The van der Waals surface area contributed by atoms with Crippen LogP contribution in [0.2, 0.25) is 0 Å². The molecule has 0 amide bonds. The monoisotopic (exact) mass is 366 g/mol. The number of rotatable bonds is 5. The Labute approximate surface area is 147 Å². The van der Waals surface area contributed by atoms with Gasteiger partial charge in [-0.25, -0.2) is 9.59 Å². The van der Waals surface area contributed by atoms with E-state index in [0.717, 1.165) is 4.57 Å². The number of benzene rings is 1. The molecule has 26 heavy (non-hydrogen) atoms. The predicted octanol–water partition coefficient (Wildman–Crippen LogP) is -0.413. The lowest BCUT2D eigenvalue weighted by Crippen LogP contribution is -2.39. The molecule has 0 spiro atoms. The van der Waals surface area contributed by atoms with Gasteiger partial charge >= 0.3 is 11.7 Å². The van der Waals surface area contributed by atoms with Crippen molar-refractivity contribution >= 4 is 5.97 Å². The molecular weight excluding hydrogens is 348 g/mol. The van der Waals surface area contributed by atoms with Crippen LogP contribution >= 0.6 is 0 Å². The van der Waals surface area contributed by atoms with E-state index in [-0.39, 0.29) is 17.1 Å². The highest BCUT2D eigenvalue weighted by Gasteiger charge is 2.30. The lowest BCUT2D eigenvalue weighted by atomic mass is 9.96. The van der Waals surface area contributed by atoms with Gasteiger partial charge in [0.25, 0.3) is 5.56 Å². The molecule has 1 aromatic heterocycles. The van der Waals surface area contributed by atoms with Crippen molar-refractivity contribution in [3.8, 4) is 17.4 Å². The number of hydrogen-bond donors (Lipinski definition) is 3. The Morgan fingerprint density at radius 1 is 1.12 bits per heavy atom. The van der Waals surface area contributed by atoms with Crippen LogP contribution in [-0.4, -0.2) is 44.6 Å². The van der Waals surface area contributed by atoms with E-state index in [1.807, 2.05) is 0 Å². The number of hydrogen-bond acceptors (Lipinski definition) is 7. The van der Waals surface area contributed by atoms with E-state index in [2.05, 4.69) is 0 Å². The summed E-state index contributed by atoms with van der Waals surface area (Å²) in [5.41, 5.74) is -2.93. The molecule has 0 aliphatic heterocycles. The topological polar surface area (TPSA) is 140 Å². The van der Waals surface area contributed by atoms with Crippen molar-refractivity contribution in [2.75, 3.05) is 14.2 Å². The van der Waals surface area contributed by atoms with Gasteiger partial charge < -0.3 is 24.8 Å².